The number of ether oxygens (including phenoxy) is 1. The van der Waals surface area contributed by atoms with E-state index in [9.17, 15) is 4.39 Å². The van der Waals surface area contributed by atoms with Gasteiger partial charge in [-0.15, -0.1) is 0 Å². The van der Waals surface area contributed by atoms with Gasteiger partial charge in [-0.25, -0.2) is 9.37 Å². The van der Waals surface area contributed by atoms with Crippen LogP contribution >= 0.6 is 0 Å². The number of pyridine rings is 1. The molecule has 0 saturated carbocycles. The van der Waals surface area contributed by atoms with E-state index in [0.717, 1.165) is 0 Å². The zero-order valence-corrected chi connectivity index (χ0v) is 12.4. The molecule has 1 heterocycles. The zero-order valence-electron chi connectivity index (χ0n) is 12.4. The Balaban J connectivity index is 2.87. The van der Waals surface area contributed by atoms with Gasteiger partial charge in [-0.05, 0) is 13.0 Å². The van der Waals surface area contributed by atoms with Crippen LogP contribution in [0.15, 0.2) is 12.3 Å². The molecular formula is C14H24FN3O. The van der Waals surface area contributed by atoms with Crippen molar-refractivity contribution in [3.8, 4) is 0 Å². The Morgan fingerprint density at radius 2 is 2.11 bits per heavy atom. The SMILES string of the molecule is COCC(C)N(C)c1nccc(CNC(C)C)c1F. The van der Waals surface area contributed by atoms with Gasteiger partial charge in [-0.3, -0.25) is 0 Å². The van der Waals surface area contributed by atoms with Crippen LogP contribution in [0.5, 0.6) is 0 Å². The Hall–Kier alpha value is -1.20. The lowest BCUT2D eigenvalue weighted by atomic mass is 10.2. The number of nitrogens with one attached hydrogen (secondary N) is 1. The molecular weight excluding hydrogens is 245 g/mol. The average molecular weight is 269 g/mol. The summed E-state index contributed by atoms with van der Waals surface area (Å²) >= 11 is 0. The number of anilines is 1. The van der Waals surface area contributed by atoms with Crippen LogP contribution in [-0.4, -0.2) is 37.8 Å². The summed E-state index contributed by atoms with van der Waals surface area (Å²) in [6, 6.07) is 2.10. The first-order valence-electron chi connectivity index (χ1n) is 6.55. The van der Waals surface area contributed by atoms with Crippen molar-refractivity contribution in [1.29, 1.82) is 0 Å². The fourth-order valence-electron chi connectivity index (χ4n) is 1.73. The van der Waals surface area contributed by atoms with Crippen molar-refractivity contribution in [2.24, 2.45) is 0 Å². The summed E-state index contributed by atoms with van der Waals surface area (Å²) in [6.07, 6.45) is 1.64. The van der Waals surface area contributed by atoms with Gasteiger partial charge in [0.2, 0.25) is 0 Å². The zero-order chi connectivity index (χ0) is 14.4. The molecule has 0 radical (unpaired) electrons. The van der Waals surface area contributed by atoms with Crippen LogP contribution in [0.4, 0.5) is 10.2 Å². The van der Waals surface area contributed by atoms with E-state index < -0.39 is 0 Å². The number of rotatable bonds is 7. The molecule has 19 heavy (non-hydrogen) atoms. The molecule has 0 bridgehead atoms. The van der Waals surface area contributed by atoms with Crippen LogP contribution in [-0.2, 0) is 11.3 Å². The Kier molecular flexibility index (Phi) is 6.18. The Labute approximate surface area is 115 Å². The maximum absolute atomic E-state index is 14.4. The van der Waals surface area contributed by atoms with E-state index in [1.807, 2.05) is 27.8 Å². The number of hydrogen-bond donors (Lipinski definition) is 1. The molecule has 4 nitrogen and oxygen atoms in total. The van der Waals surface area contributed by atoms with E-state index in [2.05, 4.69) is 10.3 Å². The molecule has 1 unspecified atom stereocenters. The van der Waals surface area contributed by atoms with Gasteiger partial charge in [-0.2, -0.15) is 0 Å². The molecule has 1 aromatic heterocycles. The molecule has 0 amide bonds. The molecule has 0 aliphatic carbocycles. The van der Waals surface area contributed by atoms with E-state index >= 15 is 0 Å². The Morgan fingerprint density at radius 1 is 1.42 bits per heavy atom. The third-order valence-electron chi connectivity index (χ3n) is 3.05. The topological polar surface area (TPSA) is 37.4 Å². The molecule has 1 rings (SSSR count). The fourth-order valence-corrected chi connectivity index (χ4v) is 1.73. The van der Waals surface area contributed by atoms with E-state index in [1.165, 1.54) is 0 Å². The summed E-state index contributed by atoms with van der Waals surface area (Å²) in [6.45, 7) is 7.08. The minimum atomic E-state index is -0.263. The lowest BCUT2D eigenvalue weighted by Crippen LogP contribution is -2.34. The highest BCUT2D eigenvalue weighted by Gasteiger charge is 2.17. The first-order chi connectivity index (χ1) is 8.97. The number of nitrogens with zero attached hydrogens (tertiary/aromatic N) is 2. The highest BCUT2D eigenvalue weighted by Crippen LogP contribution is 2.20. The number of aromatic nitrogens is 1. The first-order valence-corrected chi connectivity index (χ1v) is 6.55. The summed E-state index contributed by atoms with van der Waals surface area (Å²) in [5.74, 6) is 0.105. The smallest absolute Gasteiger partial charge is 0.170 e. The number of hydrogen-bond acceptors (Lipinski definition) is 4. The van der Waals surface area contributed by atoms with Gasteiger partial charge in [-0.1, -0.05) is 13.8 Å². The number of methoxy groups -OCH3 is 1. The second-order valence-corrected chi connectivity index (χ2v) is 5.06. The molecule has 0 aliphatic heterocycles. The van der Waals surface area contributed by atoms with Gasteiger partial charge in [0.15, 0.2) is 11.6 Å². The second-order valence-electron chi connectivity index (χ2n) is 5.06. The lowest BCUT2D eigenvalue weighted by Gasteiger charge is -2.26. The standard InChI is InChI=1S/C14H24FN3O/c1-10(2)17-8-12-6-7-16-14(13(12)15)18(4)11(3)9-19-5/h6-7,10-11,17H,8-9H2,1-5H3. The highest BCUT2D eigenvalue weighted by molar-refractivity contribution is 5.43. The molecule has 0 spiro atoms. The maximum atomic E-state index is 14.4. The van der Waals surface area contributed by atoms with Crippen molar-refractivity contribution in [3.05, 3.63) is 23.6 Å². The summed E-state index contributed by atoms with van der Waals surface area (Å²) in [5, 5.41) is 3.21. The monoisotopic (exact) mass is 269 g/mol. The molecule has 0 saturated heterocycles. The largest absolute Gasteiger partial charge is 0.383 e. The molecule has 108 valence electrons. The molecule has 1 atom stereocenters. The van der Waals surface area contributed by atoms with Crippen LogP contribution in [0.25, 0.3) is 0 Å². The van der Waals surface area contributed by atoms with Gasteiger partial charge in [0.1, 0.15) is 0 Å². The second kappa shape index (κ2) is 7.40. The van der Waals surface area contributed by atoms with Crippen LogP contribution < -0.4 is 10.2 Å². The molecule has 0 aromatic carbocycles. The van der Waals surface area contributed by atoms with Crippen molar-refractivity contribution < 1.29 is 9.13 Å². The predicted molar refractivity (Wildman–Crippen MR) is 75.9 cm³/mol. The highest BCUT2D eigenvalue weighted by atomic mass is 19.1. The van der Waals surface area contributed by atoms with Crippen molar-refractivity contribution in [2.75, 3.05) is 25.7 Å². The Bertz CT molecular complexity index is 398. The number of likely N-dealkylation sites (N-methyl/N-ethyl adjacent to an activating group) is 1. The van der Waals surface area contributed by atoms with Crippen LogP contribution in [0.1, 0.15) is 26.3 Å². The van der Waals surface area contributed by atoms with Gasteiger partial charge >= 0.3 is 0 Å². The van der Waals surface area contributed by atoms with Crippen molar-refractivity contribution in [2.45, 2.75) is 39.4 Å². The third kappa shape index (κ3) is 4.44. The van der Waals surface area contributed by atoms with Crippen molar-refractivity contribution >= 4 is 5.82 Å². The van der Waals surface area contributed by atoms with E-state index in [1.54, 1.807) is 24.3 Å². The summed E-state index contributed by atoms with van der Waals surface area (Å²) in [4.78, 5) is 5.94. The van der Waals surface area contributed by atoms with E-state index in [0.29, 0.717) is 30.6 Å². The van der Waals surface area contributed by atoms with Gasteiger partial charge < -0.3 is 15.0 Å². The van der Waals surface area contributed by atoms with E-state index in [4.69, 9.17) is 4.74 Å². The minimum absolute atomic E-state index is 0.0697. The Morgan fingerprint density at radius 3 is 2.68 bits per heavy atom. The molecule has 1 N–H and O–H groups in total. The van der Waals surface area contributed by atoms with Crippen LogP contribution in [0, 0.1) is 5.82 Å². The minimum Gasteiger partial charge on any atom is -0.383 e. The van der Waals surface area contributed by atoms with Crippen LogP contribution in [0.3, 0.4) is 0 Å². The van der Waals surface area contributed by atoms with E-state index in [-0.39, 0.29) is 11.9 Å². The molecule has 0 fully saturated rings. The summed E-state index contributed by atoms with van der Waals surface area (Å²) in [7, 11) is 3.46. The normalized spacial score (nSPS) is 12.8. The molecule has 1 aromatic rings. The quantitative estimate of drug-likeness (QED) is 0.823. The third-order valence-corrected chi connectivity index (χ3v) is 3.05. The van der Waals surface area contributed by atoms with Gasteiger partial charge in [0.25, 0.3) is 0 Å². The fraction of sp³-hybridized carbons (Fsp3) is 0.643. The average Bonchev–Trinajstić information content (AvgIpc) is 2.37. The first kappa shape index (κ1) is 15.9. The van der Waals surface area contributed by atoms with Gasteiger partial charge in [0, 0.05) is 38.5 Å². The molecule has 5 heteroatoms. The molecule has 0 aliphatic rings. The predicted octanol–water partition coefficient (Wildman–Crippen LogP) is 2.19. The van der Waals surface area contributed by atoms with Crippen LogP contribution in [0.2, 0.25) is 0 Å². The van der Waals surface area contributed by atoms with Gasteiger partial charge in [0.05, 0.1) is 12.6 Å². The number of halogens is 1. The lowest BCUT2D eigenvalue weighted by molar-refractivity contribution is 0.183. The summed E-state index contributed by atoms with van der Waals surface area (Å²) in [5.41, 5.74) is 0.634. The van der Waals surface area contributed by atoms with Crippen molar-refractivity contribution in [3.63, 3.8) is 0 Å². The summed E-state index contributed by atoms with van der Waals surface area (Å²) < 4.78 is 19.5. The maximum Gasteiger partial charge on any atom is 0.170 e. The van der Waals surface area contributed by atoms with Crippen molar-refractivity contribution in [1.82, 2.24) is 10.3 Å².